The van der Waals surface area contributed by atoms with Crippen LogP contribution in [-0.4, -0.2) is 20.2 Å². The van der Waals surface area contributed by atoms with Crippen LogP contribution in [0.25, 0.3) is 17.1 Å². The Kier molecular flexibility index (Phi) is 3.42. The van der Waals surface area contributed by atoms with Gasteiger partial charge in [-0.1, -0.05) is 12.1 Å². The van der Waals surface area contributed by atoms with E-state index in [1.54, 1.807) is 6.07 Å². The van der Waals surface area contributed by atoms with Crippen molar-refractivity contribution < 1.29 is 4.39 Å². The third-order valence-electron chi connectivity index (χ3n) is 3.14. The molecule has 5 nitrogen and oxygen atoms in total. The van der Waals surface area contributed by atoms with E-state index in [0.717, 1.165) is 11.1 Å². The molecule has 0 atom stereocenters. The molecular formula is C14H11BrFN5. The molecule has 0 aliphatic heterocycles. The number of anilines is 1. The van der Waals surface area contributed by atoms with Crippen LogP contribution in [0, 0.1) is 12.7 Å². The Morgan fingerprint density at radius 1 is 1.19 bits per heavy atom. The van der Waals surface area contributed by atoms with E-state index in [1.165, 1.54) is 16.8 Å². The molecule has 106 valence electrons. The average molecular weight is 348 g/mol. The summed E-state index contributed by atoms with van der Waals surface area (Å²) in [5.74, 6) is 0.203. The van der Waals surface area contributed by atoms with Gasteiger partial charge in [0.25, 0.3) is 0 Å². The molecule has 7 heteroatoms. The largest absolute Gasteiger partial charge is 0.398 e. The van der Waals surface area contributed by atoms with Crippen molar-refractivity contribution in [2.45, 2.75) is 6.92 Å². The van der Waals surface area contributed by atoms with Gasteiger partial charge in [0.1, 0.15) is 5.82 Å². The minimum atomic E-state index is -0.333. The molecule has 0 bridgehead atoms. The maximum atomic E-state index is 13.2. The summed E-state index contributed by atoms with van der Waals surface area (Å²) >= 11 is 3.32. The number of tetrazole rings is 1. The number of aromatic nitrogens is 4. The monoisotopic (exact) mass is 347 g/mol. The number of benzene rings is 2. The molecule has 0 saturated carbocycles. The van der Waals surface area contributed by atoms with Crippen molar-refractivity contribution in [3.05, 3.63) is 52.3 Å². The van der Waals surface area contributed by atoms with Crippen LogP contribution in [0.2, 0.25) is 0 Å². The van der Waals surface area contributed by atoms with Crippen LogP contribution in [0.3, 0.4) is 0 Å². The third kappa shape index (κ3) is 2.52. The summed E-state index contributed by atoms with van der Waals surface area (Å²) in [5.41, 5.74) is 9.02. The number of hydrogen-bond acceptors (Lipinski definition) is 4. The van der Waals surface area contributed by atoms with Crippen molar-refractivity contribution in [3.63, 3.8) is 0 Å². The highest BCUT2D eigenvalue weighted by molar-refractivity contribution is 9.10. The maximum absolute atomic E-state index is 13.2. The SMILES string of the molecule is Cc1ccc(-c2nnnn2-c2ccc(F)cc2Br)cc1N. The van der Waals surface area contributed by atoms with Gasteiger partial charge < -0.3 is 5.73 Å². The van der Waals surface area contributed by atoms with Gasteiger partial charge >= 0.3 is 0 Å². The Balaban J connectivity index is 2.14. The van der Waals surface area contributed by atoms with Gasteiger partial charge in [0.2, 0.25) is 0 Å². The van der Waals surface area contributed by atoms with E-state index in [0.29, 0.717) is 21.7 Å². The lowest BCUT2D eigenvalue weighted by atomic mass is 10.1. The molecule has 2 N–H and O–H groups in total. The number of nitrogen functional groups attached to an aromatic ring is 1. The molecule has 3 aromatic rings. The second-order valence-corrected chi connectivity index (χ2v) is 5.44. The molecule has 0 fully saturated rings. The normalized spacial score (nSPS) is 10.8. The standard InChI is InChI=1S/C14H11BrFN5/c1-8-2-3-9(6-12(8)17)14-18-19-20-21(14)13-5-4-10(16)7-11(13)15/h2-7H,17H2,1H3. The zero-order chi connectivity index (χ0) is 15.0. The fraction of sp³-hybridized carbons (Fsp3) is 0.0714. The van der Waals surface area contributed by atoms with Gasteiger partial charge in [-0.05, 0) is 63.1 Å². The highest BCUT2D eigenvalue weighted by Gasteiger charge is 2.14. The fourth-order valence-corrected chi connectivity index (χ4v) is 2.48. The van der Waals surface area contributed by atoms with E-state index >= 15 is 0 Å². The van der Waals surface area contributed by atoms with Gasteiger partial charge in [0.15, 0.2) is 5.82 Å². The summed E-state index contributed by atoms with van der Waals surface area (Å²) in [6, 6.07) is 9.94. The van der Waals surface area contributed by atoms with E-state index < -0.39 is 0 Å². The molecule has 0 saturated heterocycles. The predicted octanol–water partition coefficient (Wildman–Crippen LogP) is 3.12. The Morgan fingerprint density at radius 2 is 2.00 bits per heavy atom. The van der Waals surface area contributed by atoms with E-state index in [-0.39, 0.29) is 5.82 Å². The summed E-state index contributed by atoms with van der Waals surface area (Å²) in [4.78, 5) is 0. The van der Waals surface area contributed by atoms with Gasteiger partial charge in [-0.3, -0.25) is 0 Å². The van der Waals surface area contributed by atoms with Crippen molar-refractivity contribution in [2.24, 2.45) is 0 Å². The van der Waals surface area contributed by atoms with Crippen LogP contribution < -0.4 is 5.73 Å². The molecule has 1 aromatic heterocycles. The Bertz CT molecular complexity index is 815. The van der Waals surface area contributed by atoms with Crippen molar-refractivity contribution in [1.82, 2.24) is 20.2 Å². The van der Waals surface area contributed by atoms with Crippen molar-refractivity contribution in [2.75, 3.05) is 5.73 Å². The number of hydrogen-bond donors (Lipinski definition) is 1. The third-order valence-corrected chi connectivity index (χ3v) is 3.78. The highest BCUT2D eigenvalue weighted by Crippen LogP contribution is 2.27. The van der Waals surface area contributed by atoms with Crippen LogP contribution in [0.1, 0.15) is 5.56 Å². The van der Waals surface area contributed by atoms with Crippen LogP contribution in [0.5, 0.6) is 0 Å². The molecule has 21 heavy (non-hydrogen) atoms. The first kappa shape index (κ1) is 13.7. The summed E-state index contributed by atoms with van der Waals surface area (Å²) in [5, 5.41) is 11.7. The van der Waals surface area contributed by atoms with Crippen molar-refractivity contribution >= 4 is 21.6 Å². The molecule has 0 unspecified atom stereocenters. The minimum Gasteiger partial charge on any atom is -0.398 e. The number of nitrogens with zero attached hydrogens (tertiary/aromatic N) is 4. The first-order chi connectivity index (χ1) is 10.1. The van der Waals surface area contributed by atoms with E-state index in [1.807, 2.05) is 25.1 Å². The molecule has 0 aliphatic carbocycles. The molecule has 0 amide bonds. The fourth-order valence-electron chi connectivity index (χ4n) is 1.96. The second-order valence-electron chi connectivity index (χ2n) is 4.58. The van der Waals surface area contributed by atoms with Crippen molar-refractivity contribution in [3.8, 4) is 17.1 Å². The maximum Gasteiger partial charge on any atom is 0.187 e. The first-order valence-electron chi connectivity index (χ1n) is 6.16. The second kappa shape index (κ2) is 5.25. The van der Waals surface area contributed by atoms with Crippen LogP contribution in [0.15, 0.2) is 40.9 Å². The topological polar surface area (TPSA) is 69.6 Å². The smallest absolute Gasteiger partial charge is 0.187 e. The minimum absolute atomic E-state index is 0.333. The van der Waals surface area contributed by atoms with E-state index in [2.05, 4.69) is 31.5 Å². The van der Waals surface area contributed by atoms with E-state index in [4.69, 9.17) is 5.73 Å². The molecule has 0 radical (unpaired) electrons. The molecule has 2 aromatic carbocycles. The Hall–Kier alpha value is -2.28. The first-order valence-corrected chi connectivity index (χ1v) is 6.96. The number of rotatable bonds is 2. The van der Waals surface area contributed by atoms with Crippen LogP contribution >= 0.6 is 15.9 Å². The molecule has 1 heterocycles. The zero-order valence-electron chi connectivity index (χ0n) is 11.1. The molecule has 0 aliphatic rings. The van der Waals surface area contributed by atoms with Crippen LogP contribution in [0.4, 0.5) is 10.1 Å². The predicted molar refractivity (Wildman–Crippen MR) is 81.4 cm³/mol. The van der Waals surface area contributed by atoms with Crippen molar-refractivity contribution in [1.29, 1.82) is 0 Å². The van der Waals surface area contributed by atoms with Gasteiger partial charge in [-0.15, -0.1) is 5.10 Å². The van der Waals surface area contributed by atoms with Gasteiger partial charge in [0.05, 0.1) is 5.69 Å². The van der Waals surface area contributed by atoms with Gasteiger partial charge in [-0.25, -0.2) is 4.39 Å². The number of halogens is 2. The number of nitrogens with two attached hydrogens (primary N) is 1. The van der Waals surface area contributed by atoms with Crippen LogP contribution in [-0.2, 0) is 0 Å². The lowest BCUT2D eigenvalue weighted by molar-refractivity contribution is 0.625. The molecule has 0 spiro atoms. The van der Waals surface area contributed by atoms with E-state index in [9.17, 15) is 4.39 Å². The quantitative estimate of drug-likeness (QED) is 0.723. The Labute approximate surface area is 128 Å². The summed E-state index contributed by atoms with van der Waals surface area (Å²) in [7, 11) is 0. The summed E-state index contributed by atoms with van der Waals surface area (Å²) in [6.07, 6.45) is 0. The summed E-state index contributed by atoms with van der Waals surface area (Å²) < 4.78 is 15.3. The highest BCUT2D eigenvalue weighted by atomic mass is 79.9. The number of aryl methyl sites for hydroxylation is 1. The zero-order valence-corrected chi connectivity index (χ0v) is 12.7. The molecular weight excluding hydrogens is 337 g/mol. The average Bonchev–Trinajstić information content (AvgIpc) is 2.91. The van der Waals surface area contributed by atoms with Gasteiger partial charge in [-0.2, -0.15) is 4.68 Å². The molecule has 3 rings (SSSR count). The Morgan fingerprint density at radius 3 is 2.71 bits per heavy atom. The lowest BCUT2D eigenvalue weighted by Gasteiger charge is -2.08. The summed E-state index contributed by atoms with van der Waals surface area (Å²) in [6.45, 7) is 1.93. The lowest BCUT2D eigenvalue weighted by Crippen LogP contribution is -2.02. The van der Waals surface area contributed by atoms with Gasteiger partial charge in [0, 0.05) is 15.7 Å².